The van der Waals surface area contributed by atoms with Crippen molar-refractivity contribution in [2.45, 2.75) is 13.0 Å². The summed E-state index contributed by atoms with van der Waals surface area (Å²) in [5.41, 5.74) is 3.00. The molecule has 1 N–H and O–H groups in total. The number of halogens is 1. The van der Waals surface area contributed by atoms with E-state index in [0.29, 0.717) is 18.8 Å². The molecule has 2 heterocycles. The van der Waals surface area contributed by atoms with Gasteiger partial charge >= 0.3 is 0 Å². The molecule has 0 spiro atoms. The molecule has 4 nitrogen and oxygen atoms in total. The van der Waals surface area contributed by atoms with Crippen LogP contribution in [0.1, 0.15) is 11.3 Å². The zero-order valence-corrected chi connectivity index (χ0v) is 13.1. The standard InChI is InChI=1S/C19H17FN2O2/c20-13-6-7-17-16(10-13)15-8-9-22(11-18(15)21-17)19(23)12-24-14-4-2-1-3-5-14/h1-7,10,21H,8-9,11-12H2. The maximum atomic E-state index is 13.5. The van der Waals surface area contributed by atoms with Crippen LogP contribution in [0.25, 0.3) is 10.9 Å². The molecule has 3 aromatic rings. The van der Waals surface area contributed by atoms with Gasteiger partial charge in [-0.05, 0) is 42.3 Å². The number of hydrogen-bond donors (Lipinski definition) is 1. The van der Waals surface area contributed by atoms with Crippen molar-refractivity contribution in [3.05, 3.63) is 65.6 Å². The third-order valence-corrected chi connectivity index (χ3v) is 4.40. The van der Waals surface area contributed by atoms with Crippen molar-refractivity contribution in [2.75, 3.05) is 13.2 Å². The maximum absolute atomic E-state index is 13.5. The molecule has 0 atom stereocenters. The molecular formula is C19H17FN2O2. The number of amides is 1. The second-order valence-corrected chi connectivity index (χ2v) is 5.94. The predicted molar refractivity (Wildman–Crippen MR) is 89.3 cm³/mol. The highest BCUT2D eigenvalue weighted by Gasteiger charge is 2.24. The van der Waals surface area contributed by atoms with Crippen molar-refractivity contribution in [3.8, 4) is 5.75 Å². The number of aromatic amines is 1. The van der Waals surface area contributed by atoms with Gasteiger partial charge in [-0.2, -0.15) is 0 Å². The van der Waals surface area contributed by atoms with Crippen LogP contribution in [0.15, 0.2) is 48.5 Å². The number of benzene rings is 2. The first-order valence-corrected chi connectivity index (χ1v) is 7.95. The van der Waals surface area contributed by atoms with E-state index in [1.807, 2.05) is 30.3 Å². The monoisotopic (exact) mass is 324 g/mol. The van der Waals surface area contributed by atoms with Crippen molar-refractivity contribution < 1.29 is 13.9 Å². The van der Waals surface area contributed by atoms with Crippen molar-refractivity contribution in [1.82, 2.24) is 9.88 Å². The van der Waals surface area contributed by atoms with Gasteiger partial charge in [-0.3, -0.25) is 4.79 Å². The van der Waals surface area contributed by atoms with Gasteiger partial charge in [0, 0.05) is 23.1 Å². The van der Waals surface area contributed by atoms with E-state index in [1.165, 1.54) is 6.07 Å². The minimum atomic E-state index is -0.237. The number of hydrogen-bond acceptors (Lipinski definition) is 2. The van der Waals surface area contributed by atoms with E-state index < -0.39 is 0 Å². The summed E-state index contributed by atoms with van der Waals surface area (Å²) in [7, 11) is 0. The topological polar surface area (TPSA) is 45.3 Å². The predicted octanol–water partition coefficient (Wildman–Crippen LogP) is 3.27. The van der Waals surface area contributed by atoms with Crippen LogP contribution in [0, 0.1) is 5.82 Å². The number of aromatic nitrogens is 1. The lowest BCUT2D eigenvalue weighted by atomic mass is 10.0. The second-order valence-electron chi connectivity index (χ2n) is 5.94. The average molecular weight is 324 g/mol. The minimum Gasteiger partial charge on any atom is -0.484 e. The quantitative estimate of drug-likeness (QED) is 0.804. The van der Waals surface area contributed by atoms with Crippen LogP contribution >= 0.6 is 0 Å². The minimum absolute atomic E-state index is 0.0220. The van der Waals surface area contributed by atoms with E-state index in [1.54, 1.807) is 17.0 Å². The van der Waals surface area contributed by atoms with E-state index in [4.69, 9.17) is 4.74 Å². The highest BCUT2D eigenvalue weighted by Crippen LogP contribution is 2.28. The largest absolute Gasteiger partial charge is 0.484 e. The first-order chi connectivity index (χ1) is 11.7. The lowest BCUT2D eigenvalue weighted by Gasteiger charge is -2.27. The molecule has 0 radical (unpaired) electrons. The van der Waals surface area contributed by atoms with Crippen LogP contribution in [0.2, 0.25) is 0 Å². The Morgan fingerprint density at radius 3 is 2.88 bits per heavy atom. The molecule has 24 heavy (non-hydrogen) atoms. The Bertz CT molecular complexity index is 889. The first-order valence-electron chi connectivity index (χ1n) is 7.95. The Morgan fingerprint density at radius 2 is 2.04 bits per heavy atom. The fourth-order valence-electron chi connectivity index (χ4n) is 3.18. The second kappa shape index (κ2) is 6.00. The van der Waals surface area contributed by atoms with Crippen LogP contribution < -0.4 is 4.74 Å². The highest BCUT2D eigenvalue weighted by atomic mass is 19.1. The number of nitrogens with zero attached hydrogens (tertiary/aromatic N) is 1. The van der Waals surface area contributed by atoms with E-state index in [9.17, 15) is 9.18 Å². The van der Waals surface area contributed by atoms with Gasteiger partial charge in [0.05, 0.1) is 6.54 Å². The van der Waals surface area contributed by atoms with Gasteiger partial charge in [0.15, 0.2) is 6.61 Å². The molecule has 0 bridgehead atoms. The molecule has 2 aromatic carbocycles. The van der Waals surface area contributed by atoms with Crippen LogP contribution in [-0.4, -0.2) is 28.9 Å². The molecule has 122 valence electrons. The summed E-state index contributed by atoms with van der Waals surface area (Å²) in [5, 5.41) is 0.914. The number of para-hydroxylation sites is 1. The summed E-state index contributed by atoms with van der Waals surface area (Å²) >= 11 is 0. The van der Waals surface area contributed by atoms with Gasteiger partial charge in [0.2, 0.25) is 0 Å². The number of H-pyrrole nitrogens is 1. The van der Waals surface area contributed by atoms with Gasteiger partial charge in [-0.1, -0.05) is 18.2 Å². The summed E-state index contributed by atoms with van der Waals surface area (Å²) in [6.45, 7) is 1.14. The normalized spacial score (nSPS) is 13.8. The van der Waals surface area contributed by atoms with E-state index in [-0.39, 0.29) is 18.3 Å². The van der Waals surface area contributed by atoms with Crippen molar-refractivity contribution >= 4 is 16.8 Å². The molecule has 1 amide bonds. The van der Waals surface area contributed by atoms with E-state index >= 15 is 0 Å². The van der Waals surface area contributed by atoms with Crippen molar-refractivity contribution in [2.24, 2.45) is 0 Å². The number of ether oxygens (including phenoxy) is 1. The summed E-state index contributed by atoms with van der Waals surface area (Å²) in [5.74, 6) is 0.401. The van der Waals surface area contributed by atoms with Gasteiger partial charge in [0.1, 0.15) is 11.6 Å². The Kier molecular flexibility index (Phi) is 3.69. The van der Waals surface area contributed by atoms with E-state index in [2.05, 4.69) is 4.98 Å². The lowest BCUT2D eigenvalue weighted by Crippen LogP contribution is -2.38. The van der Waals surface area contributed by atoms with Crippen LogP contribution in [0.4, 0.5) is 4.39 Å². The molecule has 0 fully saturated rings. The highest BCUT2D eigenvalue weighted by molar-refractivity contribution is 5.86. The lowest BCUT2D eigenvalue weighted by molar-refractivity contribution is -0.134. The van der Waals surface area contributed by atoms with Crippen LogP contribution in [0.5, 0.6) is 5.75 Å². The molecule has 1 aliphatic rings. The Morgan fingerprint density at radius 1 is 1.21 bits per heavy atom. The third-order valence-electron chi connectivity index (χ3n) is 4.40. The summed E-state index contributed by atoms with van der Waals surface area (Å²) in [6.07, 6.45) is 0.718. The Hall–Kier alpha value is -2.82. The number of nitrogens with one attached hydrogen (secondary N) is 1. The molecule has 4 rings (SSSR count). The number of carbonyl (C=O) groups is 1. The number of fused-ring (bicyclic) bond motifs is 3. The zero-order valence-electron chi connectivity index (χ0n) is 13.1. The molecule has 5 heteroatoms. The molecule has 0 saturated heterocycles. The molecule has 0 aliphatic carbocycles. The fraction of sp³-hybridized carbons (Fsp3) is 0.211. The Balaban J connectivity index is 1.47. The van der Waals surface area contributed by atoms with Crippen LogP contribution in [-0.2, 0) is 17.8 Å². The molecular weight excluding hydrogens is 307 g/mol. The molecule has 0 unspecified atom stereocenters. The van der Waals surface area contributed by atoms with Crippen LogP contribution in [0.3, 0.4) is 0 Å². The summed E-state index contributed by atoms with van der Waals surface area (Å²) in [4.78, 5) is 17.5. The number of rotatable bonds is 3. The van der Waals surface area contributed by atoms with Gasteiger partial charge in [-0.25, -0.2) is 4.39 Å². The fourth-order valence-corrected chi connectivity index (χ4v) is 3.18. The first kappa shape index (κ1) is 14.8. The van der Waals surface area contributed by atoms with Crippen molar-refractivity contribution in [1.29, 1.82) is 0 Å². The average Bonchev–Trinajstić information content (AvgIpc) is 2.97. The van der Waals surface area contributed by atoms with Gasteiger partial charge in [0.25, 0.3) is 5.91 Å². The number of carbonyl (C=O) groups excluding carboxylic acids is 1. The molecule has 0 saturated carbocycles. The van der Waals surface area contributed by atoms with Crippen molar-refractivity contribution in [3.63, 3.8) is 0 Å². The SMILES string of the molecule is O=C(COc1ccccc1)N1CCc2c([nH]c3ccc(F)cc23)C1. The molecule has 1 aromatic heterocycles. The zero-order chi connectivity index (χ0) is 16.5. The summed E-state index contributed by atoms with van der Waals surface area (Å²) < 4.78 is 19.0. The Labute approximate surface area is 138 Å². The summed E-state index contributed by atoms with van der Waals surface area (Å²) in [6, 6.07) is 14.0. The smallest absolute Gasteiger partial charge is 0.260 e. The van der Waals surface area contributed by atoms with Gasteiger partial charge < -0.3 is 14.6 Å². The van der Waals surface area contributed by atoms with E-state index in [0.717, 1.165) is 28.6 Å². The maximum Gasteiger partial charge on any atom is 0.260 e. The molecule has 1 aliphatic heterocycles. The van der Waals surface area contributed by atoms with Gasteiger partial charge in [-0.15, -0.1) is 0 Å². The third kappa shape index (κ3) is 2.73.